The normalized spacial score (nSPS) is 12.1. The smallest absolute Gasteiger partial charge is 0.296 e. The predicted octanol–water partition coefficient (Wildman–Crippen LogP) is 2.27. The van der Waals surface area contributed by atoms with E-state index in [0.29, 0.717) is 25.4 Å². The average molecular weight is 312 g/mol. The zero-order valence-electron chi connectivity index (χ0n) is 12.2. The van der Waals surface area contributed by atoms with Gasteiger partial charge in [0.15, 0.2) is 0 Å². The second-order valence-electron chi connectivity index (χ2n) is 5.02. The minimum Gasteiger partial charge on any atom is -0.302 e. The molecule has 0 atom stereocenters. The molecule has 0 radical (unpaired) electrons. The molecule has 0 amide bonds. The van der Waals surface area contributed by atoms with Gasteiger partial charge in [-0.25, -0.2) is 0 Å². The lowest BCUT2D eigenvalue weighted by Crippen LogP contribution is -2.24. The van der Waals surface area contributed by atoms with Crippen molar-refractivity contribution >= 4 is 22.7 Å². The number of aryl methyl sites for hydroxylation is 1. The number of rotatable bonds is 9. The van der Waals surface area contributed by atoms with Crippen molar-refractivity contribution in [2.24, 2.45) is 5.41 Å². The molecule has 0 saturated carbocycles. The van der Waals surface area contributed by atoms with Crippen molar-refractivity contribution in [3.63, 3.8) is 0 Å². The lowest BCUT2D eigenvalue weighted by Gasteiger charge is -2.18. The molecule has 0 aromatic heterocycles. The van der Waals surface area contributed by atoms with Crippen LogP contribution in [0, 0.1) is 12.3 Å². The van der Waals surface area contributed by atoms with E-state index in [0.717, 1.165) is 5.56 Å². The van der Waals surface area contributed by atoms with Crippen LogP contribution < -0.4 is 0 Å². The van der Waals surface area contributed by atoms with Gasteiger partial charge in [0.05, 0.1) is 16.9 Å². The molecule has 0 aliphatic carbocycles. The minimum atomic E-state index is -3.79. The summed E-state index contributed by atoms with van der Waals surface area (Å²) in [5.74, 6) is 0. The third kappa shape index (κ3) is 4.75. The predicted molar refractivity (Wildman–Crippen MR) is 78.4 cm³/mol. The highest BCUT2D eigenvalue weighted by molar-refractivity contribution is 7.86. The Kier molecular flexibility index (Phi) is 6.23. The molecule has 21 heavy (non-hydrogen) atoms. The molecule has 0 spiro atoms. The molecule has 0 aliphatic heterocycles. The molecular formula is C15H20O5S. The molecule has 0 unspecified atom stereocenters. The van der Waals surface area contributed by atoms with E-state index in [1.165, 1.54) is 12.1 Å². The third-order valence-electron chi connectivity index (χ3n) is 3.46. The molecule has 6 heteroatoms. The Morgan fingerprint density at radius 2 is 1.71 bits per heavy atom. The second-order valence-corrected chi connectivity index (χ2v) is 6.63. The number of benzene rings is 1. The van der Waals surface area contributed by atoms with Crippen molar-refractivity contribution in [3.05, 3.63) is 29.8 Å². The molecule has 0 saturated heterocycles. The maximum absolute atomic E-state index is 11.9. The Bertz CT molecular complexity index is 567. The molecule has 1 rings (SSSR count). The van der Waals surface area contributed by atoms with Gasteiger partial charge in [0, 0.05) is 0 Å². The average Bonchev–Trinajstić information content (AvgIpc) is 2.49. The standard InChI is InChI=1S/C15H20O5S/c1-3-15(11-16,12-17)9-4-10-20-21(18,19)14-7-5-13(2)6-8-14/h5-8,11-12H,3-4,9-10H2,1-2H3. The zero-order chi connectivity index (χ0) is 15.9. The first-order chi connectivity index (χ1) is 9.89. The van der Waals surface area contributed by atoms with Crippen molar-refractivity contribution in [2.45, 2.75) is 38.0 Å². The molecular weight excluding hydrogens is 292 g/mol. The monoisotopic (exact) mass is 312 g/mol. The Morgan fingerprint density at radius 3 is 2.19 bits per heavy atom. The van der Waals surface area contributed by atoms with Gasteiger partial charge in [-0.15, -0.1) is 0 Å². The van der Waals surface area contributed by atoms with Crippen molar-refractivity contribution in [1.29, 1.82) is 0 Å². The Morgan fingerprint density at radius 1 is 1.14 bits per heavy atom. The van der Waals surface area contributed by atoms with Gasteiger partial charge in [-0.05, 0) is 38.3 Å². The van der Waals surface area contributed by atoms with Gasteiger partial charge in [0.1, 0.15) is 12.6 Å². The summed E-state index contributed by atoms with van der Waals surface area (Å²) >= 11 is 0. The van der Waals surface area contributed by atoms with Gasteiger partial charge < -0.3 is 9.59 Å². The molecule has 0 bridgehead atoms. The second kappa shape index (κ2) is 7.47. The Balaban J connectivity index is 2.57. The zero-order valence-corrected chi connectivity index (χ0v) is 13.1. The largest absolute Gasteiger partial charge is 0.302 e. The summed E-state index contributed by atoms with van der Waals surface area (Å²) in [4.78, 5) is 22.0. The van der Waals surface area contributed by atoms with Crippen molar-refractivity contribution in [3.8, 4) is 0 Å². The van der Waals surface area contributed by atoms with Gasteiger partial charge in [0.25, 0.3) is 10.1 Å². The number of aldehydes is 2. The van der Waals surface area contributed by atoms with Gasteiger partial charge in [-0.3, -0.25) is 4.18 Å². The molecule has 0 N–H and O–H groups in total. The fraction of sp³-hybridized carbons (Fsp3) is 0.467. The fourth-order valence-corrected chi connectivity index (χ4v) is 2.77. The van der Waals surface area contributed by atoms with Crippen LogP contribution in [0.15, 0.2) is 29.2 Å². The highest BCUT2D eigenvalue weighted by atomic mass is 32.2. The minimum absolute atomic E-state index is 0.0559. The fourth-order valence-electron chi connectivity index (χ4n) is 1.83. The summed E-state index contributed by atoms with van der Waals surface area (Å²) in [6.07, 6.45) is 2.23. The van der Waals surface area contributed by atoms with Crippen LogP contribution in [0.25, 0.3) is 0 Å². The summed E-state index contributed by atoms with van der Waals surface area (Å²) in [6.45, 7) is 3.55. The summed E-state index contributed by atoms with van der Waals surface area (Å²) in [7, 11) is -3.79. The van der Waals surface area contributed by atoms with Crippen LogP contribution in [0.1, 0.15) is 31.7 Å². The van der Waals surface area contributed by atoms with E-state index in [9.17, 15) is 18.0 Å². The Labute approximate surface area is 125 Å². The van der Waals surface area contributed by atoms with E-state index in [1.54, 1.807) is 19.1 Å². The number of hydrogen-bond donors (Lipinski definition) is 0. The quantitative estimate of drug-likeness (QED) is 0.302. The molecule has 0 aliphatic rings. The summed E-state index contributed by atoms with van der Waals surface area (Å²) in [5, 5.41) is 0. The highest BCUT2D eigenvalue weighted by Crippen LogP contribution is 2.23. The SMILES string of the molecule is CCC(C=O)(C=O)CCCOS(=O)(=O)c1ccc(C)cc1. The number of carbonyl (C=O) groups is 2. The van der Waals surface area contributed by atoms with Crippen molar-refractivity contribution in [1.82, 2.24) is 0 Å². The summed E-state index contributed by atoms with van der Waals surface area (Å²) in [6, 6.07) is 6.35. The van der Waals surface area contributed by atoms with Gasteiger partial charge in [-0.1, -0.05) is 24.6 Å². The van der Waals surface area contributed by atoms with E-state index < -0.39 is 15.5 Å². The van der Waals surface area contributed by atoms with Crippen molar-refractivity contribution < 1.29 is 22.2 Å². The lowest BCUT2D eigenvalue weighted by molar-refractivity contribution is -0.127. The van der Waals surface area contributed by atoms with Crippen LogP contribution in [0.4, 0.5) is 0 Å². The van der Waals surface area contributed by atoms with Crippen LogP contribution >= 0.6 is 0 Å². The van der Waals surface area contributed by atoms with Gasteiger partial charge >= 0.3 is 0 Å². The van der Waals surface area contributed by atoms with Crippen molar-refractivity contribution in [2.75, 3.05) is 6.61 Å². The van der Waals surface area contributed by atoms with Crippen LogP contribution in [0.2, 0.25) is 0 Å². The first kappa shape index (κ1) is 17.5. The van der Waals surface area contributed by atoms with E-state index in [-0.39, 0.29) is 17.9 Å². The molecule has 1 aromatic carbocycles. The van der Waals surface area contributed by atoms with Crippen LogP contribution in [-0.2, 0) is 23.9 Å². The van der Waals surface area contributed by atoms with Crippen LogP contribution in [0.5, 0.6) is 0 Å². The molecule has 1 aromatic rings. The molecule has 0 fully saturated rings. The first-order valence-electron chi connectivity index (χ1n) is 6.78. The van der Waals surface area contributed by atoms with Gasteiger partial charge in [-0.2, -0.15) is 8.42 Å². The van der Waals surface area contributed by atoms with Crippen LogP contribution in [0.3, 0.4) is 0 Å². The maximum atomic E-state index is 11.9. The van der Waals surface area contributed by atoms with Crippen LogP contribution in [-0.4, -0.2) is 27.6 Å². The third-order valence-corrected chi connectivity index (χ3v) is 4.79. The molecule has 116 valence electrons. The maximum Gasteiger partial charge on any atom is 0.296 e. The lowest BCUT2D eigenvalue weighted by atomic mass is 9.84. The first-order valence-corrected chi connectivity index (χ1v) is 8.19. The summed E-state index contributed by atoms with van der Waals surface area (Å²) in [5.41, 5.74) is -0.0737. The number of carbonyl (C=O) groups excluding carboxylic acids is 2. The highest BCUT2D eigenvalue weighted by Gasteiger charge is 2.26. The number of hydrogen-bond acceptors (Lipinski definition) is 5. The Hall–Kier alpha value is -1.53. The van der Waals surface area contributed by atoms with E-state index in [4.69, 9.17) is 4.18 Å². The summed E-state index contributed by atoms with van der Waals surface area (Å²) < 4.78 is 28.8. The molecule has 0 heterocycles. The van der Waals surface area contributed by atoms with Gasteiger partial charge in [0.2, 0.25) is 0 Å². The van der Waals surface area contributed by atoms with E-state index >= 15 is 0 Å². The molecule has 5 nitrogen and oxygen atoms in total. The van der Waals surface area contributed by atoms with E-state index in [1.807, 2.05) is 6.92 Å². The van der Waals surface area contributed by atoms with E-state index in [2.05, 4.69) is 0 Å². The topological polar surface area (TPSA) is 77.5 Å².